The fourth-order valence-corrected chi connectivity index (χ4v) is 3.74. The lowest BCUT2D eigenvalue weighted by Crippen LogP contribution is -2.43. The summed E-state index contributed by atoms with van der Waals surface area (Å²) in [6.45, 7) is 2.99. The van der Waals surface area contributed by atoms with Gasteiger partial charge in [-0.1, -0.05) is 59.6 Å². The lowest BCUT2D eigenvalue weighted by atomic mass is 9.92. The Labute approximate surface area is 172 Å². The Bertz CT molecular complexity index is 936. The summed E-state index contributed by atoms with van der Waals surface area (Å²) in [6, 6.07) is 12.9. The summed E-state index contributed by atoms with van der Waals surface area (Å²) in [5.41, 5.74) is 0.132. The van der Waals surface area contributed by atoms with E-state index in [1.807, 2.05) is 6.07 Å². The van der Waals surface area contributed by atoms with Gasteiger partial charge >= 0.3 is 6.03 Å². The number of nitrogens with zero attached hydrogens (tertiary/aromatic N) is 1. The van der Waals surface area contributed by atoms with Crippen molar-refractivity contribution in [3.8, 4) is 0 Å². The lowest BCUT2D eigenvalue weighted by molar-refractivity contribution is -0.135. The molecule has 3 rings (SSSR count). The minimum absolute atomic E-state index is 0.386. The van der Waals surface area contributed by atoms with Gasteiger partial charge in [0.25, 0.3) is 5.91 Å². The molecule has 1 saturated heterocycles. The Morgan fingerprint density at radius 3 is 2.50 bits per heavy atom. The van der Waals surface area contributed by atoms with Gasteiger partial charge in [0.05, 0.1) is 6.04 Å². The van der Waals surface area contributed by atoms with Gasteiger partial charge in [-0.25, -0.2) is 4.79 Å². The summed E-state index contributed by atoms with van der Waals surface area (Å²) in [6.07, 6.45) is 0. The van der Waals surface area contributed by atoms with E-state index in [-0.39, 0.29) is 6.54 Å². The first-order valence-electron chi connectivity index (χ1n) is 8.66. The van der Waals surface area contributed by atoms with Gasteiger partial charge in [0.2, 0.25) is 5.91 Å². The van der Waals surface area contributed by atoms with Gasteiger partial charge < -0.3 is 10.6 Å². The number of hydrogen-bond donors (Lipinski definition) is 2. The lowest BCUT2D eigenvalue weighted by Gasteiger charge is -2.22. The molecule has 0 saturated carbocycles. The van der Waals surface area contributed by atoms with Crippen LogP contribution in [0.1, 0.15) is 31.0 Å². The van der Waals surface area contributed by atoms with E-state index in [9.17, 15) is 14.4 Å². The second-order valence-electron chi connectivity index (χ2n) is 6.77. The van der Waals surface area contributed by atoms with Gasteiger partial charge in [-0.15, -0.1) is 0 Å². The third kappa shape index (κ3) is 3.84. The second kappa shape index (κ2) is 7.81. The highest BCUT2D eigenvalue weighted by Crippen LogP contribution is 2.29. The van der Waals surface area contributed by atoms with Gasteiger partial charge in [-0.2, -0.15) is 0 Å². The topological polar surface area (TPSA) is 78.5 Å². The van der Waals surface area contributed by atoms with E-state index in [1.54, 1.807) is 56.3 Å². The minimum Gasteiger partial charge on any atom is -0.348 e. The van der Waals surface area contributed by atoms with Gasteiger partial charge in [0.15, 0.2) is 0 Å². The summed E-state index contributed by atoms with van der Waals surface area (Å²) < 4.78 is 0. The van der Waals surface area contributed by atoms with E-state index in [2.05, 4.69) is 10.6 Å². The first kappa shape index (κ1) is 20.2. The van der Waals surface area contributed by atoms with Crippen molar-refractivity contribution in [3.05, 3.63) is 69.7 Å². The zero-order chi connectivity index (χ0) is 20.5. The van der Waals surface area contributed by atoms with Crippen LogP contribution in [-0.4, -0.2) is 29.3 Å². The third-order valence-electron chi connectivity index (χ3n) is 4.73. The molecule has 1 heterocycles. The maximum Gasteiger partial charge on any atom is 0.325 e. The smallest absolute Gasteiger partial charge is 0.325 e. The van der Waals surface area contributed by atoms with Crippen LogP contribution in [0, 0.1) is 0 Å². The standard InChI is InChI=1S/C20H19Cl2N3O3/c1-12(15-9-8-14(21)10-16(15)22)23-17(26)11-25-18(27)20(2,24-19(25)28)13-6-4-3-5-7-13/h3-10,12H,11H2,1-2H3,(H,23,26)(H,24,28)/t12-,20-/m0/s1. The van der Waals surface area contributed by atoms with E-state index >= 15 is 0 Å². The number of benzene rings is 2. The number of imide groups is 1. The summed E-state index contributed by atoms with van der Waals surface area (Å²) in [7, 11) is 0. The molecule has 2 aromatic carbocycles. The number of carbonyl (C=O) groups excluding carboxylic acids is 3. The Kier molecular flexibility index (Phi) is 5.63. The number of rotatable bonds is 5. The molecule has 4 amide bonds. The Morgan fingerprint density at radius 1 is 1.18 bits per heavy atom. The third-order valence-corrected chi connectivity index (χ3v) is 5.30. The van der Waals surface area contributed by atoms with Crippen molar-refractivity contribution in [2.75, 3.05) is 6.54 Å². The predicted octanol–water partition coefficient (Wildman–Crippen LogP) is 3.64. The Morgan fingerprint density at radius 2 is 1.86 bits per heavy atom. The zero-order valence-electron chi connectivity index (χ0n) is 15.3. The zero-order valence-corrected chi connectivity index (χ0v) is 16.8. The molecule has 0 unspecified atom stereocenters. The monoisotopic (exact) mass is 419 g/mol. The van der Waals surface area contributed by atoms with Gasteiger partial charge in [0, 0.05) is 10.0 Å². The van der Waals surface area contributed by atoms with Crippen LogP contribution in [0.5, 0.6) is 0 Å². The summed E-state index contributed by atoms with van der Waals surface area (Å²) in [5.74, 6) is -0.949. The van der Waals surface area contributed by atoms with Crippen LogP contribution in [0.4, 0.5) is 4.79 Å². The molecule has 2 atom stereocenters. The minimum atomic E-state index is -1.20. The van der Waals surface area contributed by atoms with Crippen molar-refractivity contribution >= 4 is 41.0 Å². The molecule has 0 radical (unpaired) electrons. The van der Waals surface area contributed by atoms with E-state index in [0.717, 1.165) is 4.90 Å². The average Bonchev–Trinajstić information content (AvgIpc) is 2.86. The molecule has 0 bridgehead atoms. The molecule has 1 aliphatic heterocycles. The van der Waals surface area contributed by atoms with E-state index in [1.165, 1.54) is 0 Å². The van der Waals surface area contributed by atoms with Crippen LogP contribution in [0.2, 0.25) is 10.0 Å². The highest BCUT2D eigenvalue weighted by atomic mass is 35.5. The van der Waals surface area contributed by atoms with Crippen LogP contribution >= 0.6 is 23.2 Å². The number of nitrogens with one attached hydrogen (secondary N) is 2. The van der Waals surface area contributed by atoms with E-state index in [0.29, 0.717) is 21.2 Å². The van der Waals surface area contributed by atoms with Gasteiger partial charge in [-0.05, 0) is 37.1 Å². The SMILES string of the molecule is C[C@H](NC(=O)CN1C(=O)N[C@@](C)(c2ccccc2)C1=O)c1ccc(Cl)cc1Cl. The summed E-state index contributed by atoms with van der Waals surface area (Å²) >= 11 is 12.1. The van der Waals surface area contributed by atoms with Crippen LogP contribution < -0.4 is 10.6 Å². The first-order valence-corrected chi connectivity index (χ1v) is 9.42. The largest absolute Gasteiger partial charge is 0.348 e. The summed E-state index contributed by atoms with van der Waals surface area (Å²) in [4.78, 5) is 38.5. The first-order chi connectivity index (χ1) is 13.2. The molecule has 1 fully saturated rings. The summed E-state index contributed by atoms with van der Waals surface area (Å²) in [5, 5.41) is 6.34. The predicted molar refractivity (Wildman–Crippen MR) is 107 cm³/mol. The quantitative estimate of drug-likeness (QED) is 0.726. The molecule has 28 heavy (non-hydrogen) atoms. The van der Waals surface area contributed by atoms with Crippen LogP contribution in [0.15, 0.2) is 48.5 Å². The fraction of sp³-hybridized carbons (Fsp3) is 0.250. The normalized spacial score (nSPS) is 20.1. The number of hydrogen-bond acceptors (Lipinski definition) is 3. The number of halogens is 2. The Hall–Kier alpha value is -2.57. The van der Waals surface area contributed by atoms with E-state index < -0.39 is 29.4 Å². The molecular formula is C20H19Cl2N3O3. The number of carbonyl (C=O) groups is 3. The van der Waals surface area contributed by atoms with Gasteiger partial charge in [-0.3, -0.25) is 14.5 Å². The second-order valence-corrected chi connectivity index (χ2v) is 7.61. The van der Waals surface area contributed by atoms with Crippen LogP contribution in [0.25, 0.3) is 0 Å². The molecule has 0 aromatic heterocycles. The highest BCUT2D eigenvalue weighted by Gasteiger charge is 2.49. The molecule has 6 nitrogen and oxygen atoms in total. The maximum absolute atomic E-state index is 12.8. The molecular weight excluding hydrogens is 401 g/mol. The number of urea groups is 1. The molecule has 2 N–H and O–H groups in total. The molecule has 8 heteroatoms. The van der Waals surface area contributed by atoms with Crippen molar-refractivity contribution in [2.24, 2.45) is 0 Å². The van der Waals surface area contributed by atoms with Crippen LogP contribution in [-0.2, 0) is 15.1 Å². The van der Waals surface area contributed by atoms with E-state index in [4.69, 9.17) is 23.2 Å². The van der Waals surface area contributed by atoms with Crippen molar-refractivity contribution in [3.63, 3.8) is 0 Å². The maximum atomic E-state index is 12.8. The van der Waals surface area contributed by atoms with Crippen molar-refractivity contribution in [1.82, 2.24) is 15.5 Å². The van der Waals surface area contributed by atoms with Crippen molar-refractivity contribution < 1.29 is 14.4 Å². The molecule has 0 spiro atoms. The number of amides is 4. The highest BCUT2D eigenvalue weighted by molar-refractivity contribution is 6.35. The molecule has 1 aliphatic rings. The average molecular weight is 420 g/mol. The van der Waals surface area contributed by atoms with Crippen LogP contribution in [0.3, 0.4) is 0 Å². The Balaban J connectivity index is 1.70. The molecule has 146 valence electrons. The van der Waals surface area contributed by atoms with Crippen molar-refractivity contribution in [2.45, 2.75) is 25.4 Å². The van der Waals surface area contributed by atoms with Crippen molar-refractivity contribution in [1.29, 1.82) is 0 Å². The molecule has 0 aliphatic carbocycles. The molecule has 2 aromatic rings. The fourth-order valence-electron chi connectivity index (χ4n) is 3.17. The van der Waals surface area contributed by atoms with Gasteiger partial charge in [0.1, 0.15) is 12.1 Å².